The van der Waals surface area contributed by atoms with E-state index >= 15 is 0 Å². The molecule has 6 nitrogen and oxygen atoms in total. The summed E-state index contributed by atoms with van der Waals surface area (Å²) in [4.78, 5) is 25.2. The van der Waals surface area contributed by atoms with Crippen molar-refractivity contribution in [2.75, 3.05) is 6.26 Å². The van der Waals surface area contributed by atoms with Crippen molar-refractivity contribution in [3.05, 3.63) is 22.1 Å². The molecular weight excluding hydrogens is 208 g/mol. The summed E-state index contributed by atoms with van der Waals surface area (Å²) >= 11 is 0. The van der Waals surface area contributed by atoms with Crippen molar-refractivity contribution in [1.82, 2.24) is 9.55 Å². The number of carbonyl (C=O) groups is 1. The van der Waals surface area contributed by atoms with Gasteiger partial charge < -0.3 is 0 Å². The van der Waals surface area contributed by atoms with Crippen LogP contribution in [0, 0.1) is 0 Å². The molecule has 0 radical (unpaired) electrons. The van der Waals surface area contributed by atoms with Crippen molar-refractivity contribution < 1.29 is 13.2 Å². The summed E-state index contributed by atoms with van der Waals surface area (Å²) in [6.07, 6.45) is 2.22. The van der Waals surface area contributed by atoms with Gasteiger partial charge in [0, 0.05) is 19.5 Å². The van der Waals surface area contributed by atoms with E-state index in [9.17, 15) is 18.0 Å². The van der Waals surface area contributed by atoms with Crippen LogP contribution in [-0.2, 0) is 16.9 Å². The van der Waals surface area contributed by atoms with Crippen LogP contribution in [0.2, 0.25) is 0 Å². The Hall–Kier alpha value is -1.50. The Morgan fingerprint density at radius 1 is 1.50 bits per heavy atom. The van der Waals surface area contributed by atoms with Gasteiger partial charge in [0.05, 0.1) is 5.56 Å². The molecule has 0 unspecified atom stereocenters. The standard InChI is InChI=1S/C7H8N2O4S/c1-9-6(11)5(4-10)3-8-7(9)14(2,12)13/h3-4H,1-2H3. The van der Waals surface area contributed by atoms with Crippen molar-refractivity contribution in [3.8, 4) is 0 Å². The molecule has 1 aromatic rings. The minimum Gasteiger partial charge on any atom is -0.298 e. The van der Waals surface area contributed by atoms with Gasteiger partial charge in [0.15, 0.2) is 6.29 Å². The third-order valence-corrected chi connectivity index (χ3v) is 2.65. The van der Waals surface area contributed by atoms with Gasteiger partial charge in [0.1, 0.15) is 0 Å². The van der Waals surface area contributed by atoms with Crippen molar-refractivity contribution in [3.63, 3.8) is 0 Å². The minimum atomic E-state index is -3.55. The zero-order chi connectivity index (χ0) is 10.9. The summed E-state index contributed by atoms with van der Waals surface area (Å²) < 4.78 is 23.0. The van der Waals surface area contributed by atoms with Crippen LogP contribution in [0.25, 0.3) is 0 Å². The van der Waals surface area contributed by atoms with Crippen LogP contribution in [-0.4, -0.2) is 30.5 Å². The van der Waals surface area contributed by atoms with Gasteiger partial charge in [-0.1, -0.05) is 0 Å². The van der Waals surface area contributed by atoms with Crippen LogP contribution in [0.1, 0.15) is 10.4 Å². The maximum Gasteiger partial charge on any atom is 0.264 e. The smallest absolute Gasteiger partial charge is 0.264 e. The second-order valence-electron chi connectivity index (χ2n) is 2.75. The monoisotopic (exact) mass is 216 g/mol. The highest BCUT2D eigenvalue weighted by Gasteiger charge is 2.15. The molecule has 14 heavy (non-hydrogen) atoms. The van der Waals surface area contributed by atoms with E-state index in [4.69, 9.17) is 0 Å². The molecule has 0 saturated heterocycles. The molecule has 0 aliphatic heterocycles. The number of sulfone groups is 1. The second-order valence-corrected chi connectivity index (χ2v) is 4.66. The lowest BCUT2D eigenvalue weighted by atomic mass is 10.4. The summed E-state index contributed by atoms with van der Waals surface area (Å²) in [5.74, 6) is 0. The van der Waals surface area contributed by atoms with E-state index < -0.39 is 15.4 Å². The van der Waals surface area contributed by atoms with Crippen molar-refractivity contribution in [1.29, 1.82) is 0 Å². The molecule has 1 aromatic heterocycles. The Morgan fingerprint density at radius 2 is 2.07 bits per heavy atom. The largest absolute Gasteiger partial charge is 0.298 e. The molecule has 0 N–H and O–H groups in total. The van der Waals surface area contributed by atoms with Crippen LogP contribution >= 0.6 is 0 Å². The zero-order valence-electron chi connectivity index (χ0n) is 7.59. The summed E-state index contributed by atoms with van der Waals surface area (Å²) in [5, 5.41) is -0.354. The van der Waals surface area contributed by atoms with Gasteiger partial charge in [0.2, 0.25) is 15.0 Å². The van der Waals surface area contributed by atoms with E-state index in [1.165, 1.54) is 7.05 Å². The van der Waals surface area contributed by atoms with Gasteiger partial charge in [-0.05, 0) is 0 Å². The number of nitrogens with zero attached hydrogens (tertiary/aromatic N) is 2. The maximum absolute atomic E-state index is 11.3. The van der Waals surface area contributed by atoms with Gasteiger partial charge >= 0.3 is 0 Å². The second kappa shape index (κ2) is 3.33. The molecule has 0 aromatic carbocycles. The first-order valence-electron chi connectivity index (χ1n) is 3.59. The fourth-order valence-electron chi connectivity index (χ4n) is 0.972. The predicted octanol–water partition coefficient (Wildman–Crippen LogP) is -1.00. The van der Waals surface area contributed by atoms with Crippen LogP contribution in [0.5, 0.6) is 0 Å². The Labute approximate surface area is 80.1 Å². The van der Waals surface area contributed by atoms with Gasteiger partial charge in [0.25, 0.3) is 5.56 Å². The first-order chi connectivity index (χ1) is 6.38. The molecule has 0 bridgehead atoms. The highest BCUT2D eigenvalue weighted by atomic mass is 32.2. The third-order valence-electron chi connectivity index (χ3n) is 1.61. The van der Waals surface area contributed by atoms with Crippen molar-refractivity contribution >= 4 is 16.1 Å². The van der Waals surface area contributed by atoms with Gasteiger partial charge in [-0.3, -0.25) is 14.2 Å². The Kier molecular flexibility index (Phi) is 2.52. The molecule has 0 spiro atoms. The number of aromatic nitrogens is 2. The molecule has 1 rings (SSSR count). The quantitative estimate of drug-likeness (QED) is 0.467. The van der Waals surface area contributed by atoms with E-state index in [0.717, 1.165) is 17.0 Å². The summed E-state index contributed by atoms with van der Waals surface area (Å²) in [7, 11) is -2.30. The number of rotatable bonds is 2. The highest BCUT2D eigenvalue weighted by molar-refractivity contribution is 7.90. The summed E-state index contributed by atoms with van der Waals surface area (Å²) in [6.45, 7) is 0. The zero-order valence-corrected chi connectivity index (χ0v) is 8.41. The third kappa shape index (κ3) is 1.72. The van der Waals surface area contributed by atoms with Gasteiger partial charge in [-0.15, -0.1) is 0 Å². The number of aldehydes is 1. The summed E-state index contributed by atoms with van der Waals surface area (Å²) in [5.41, 5.74) is -0.838. The maximum atomic E-state index is 11.3. The molecule has 76 valence electrons. The Morgan fingerprint density at radius 3 is 2.50 bits per heavy atom. The summed E-state index contributed by atoms with van der Waals surface area (Å²) in [6, 6.07) is 0. The van der Waals surface area contributed by atoms with E-state index in [0.29, 0.717) is 6.29 Å². The Bertz CT molecular complexity index is 529. The average molecular weight is 216 g/mol. The topological polar surface area (TPSA) is 86.1 Å². The van der Waals surface area contributed by atoms with Crippen LogP contribution in [0.15, 0.2) is 16.1 Å². The SMILES string of the molecule is Cn1c(S(C)(=O)=O)ncc(C=O)c1=O. The lowest BCUT2D eigenvalue weighted by Crippen LogP contribution is -2.26. The van der Waals surface area contributed by atoms with Gasteiger partial charge in [-0.2, -0.15) is 0 Å². The van der Waals surface area contributed by atoms with Crippen molar-refractivity contribution in [2.24, 2.45) is 7.05 Å². The molecule has 0 fully saturated rings. The van der Waals surface area contributed by atoms with Crippen LogP contribution < -0.4 is 5.56 Å². The normalized spacial score (nSPS) is 11.3. The lowest BCUT2D eigenvalue weighted by Gasteiger charge is -2.03. The molecule has 7 heteroatoms. The first-order valence-corrected chi connectivity index (χ1v) is 5.48. The fraction of sp³-hybridized carbons (Fsp3) is 0.286. The van der Waals surface area contributed by atoms with E-state index in [1.807, 2.05) is 0 Å². The Balaban J connectivity index is 3.63. The average Bonchev–Trinajstić information content (AvgIpc) is 2.07. The fourth-order valence-corrected chi connectivity index (χ4v) is 1.80. The molecular formula is C7H8N2O4S. The number of hydrogen-bond acceptors (Lipinski definition) is 5. The van der Waals surface area contributed by atoms with E-state index in [1.54, 1.807) is 0 Å². The molecule has 0 amide bonds. The highest BCUT2D eigenvalue weighted by Crippen LogP contribution is 2.00. The number of hydrogen-bond donors (Lipinski definition) is 0. The lowest BCUT2D eigenvalue weighted by molar-refractivity contribution is 0.112. The number of carbonyl (C=O) groups excluding carboxylic acids is 1. The molecule has 0 aliphatic carbocycles. The van der Waals surface area contributed by atoms with Crippen molar-refractivity contribution in [2.45, 2.75) is 5.16 Å². The van der Waals surface area contributed by atoms with Crippen LogP contribution in [0.3, 0.4) is 0 Å². The van der Waals surface area contributed by atoms with Crippen LogP contribution in [0.4, 0.5) is 0 Å². The minimum absolute atomic E-state index is 0.167. The van der Waals surface area contributed by atoms with Gasteiger partial charge in [-0.25, -0.2) is 13.4 Å². The van der Waals surface area contributed by atoms with E-state index in [-0.39, 0.29) is 10.7 Å². The first kappa shape index (κ1) is 10.6. The van der Waals surface area contributed by atoms with E-state index in [2.05, 4.69) is 4.98 Å². The molecule has 0 atom stereocenters. The molecule has 1 heterocycles. The predicted molar refractivity (Wildman–Crippen MR) is 48.0 cm³/mol. The molecule has 0 saturated carbocycles. The molecule has 0 aliphatic rings.